The van der Waals surface area contributed by atoms with E-state index >= 15 is 0 Å². The van der Waals surface area contributed by atoms with Crippen molar-refractivity contribution in [3.63, 3.8) is 0 Å². The number of halogens is 2. The molecule has 9 heteroatoms. The third-order valence-corrected chi connectivity index (χ3v) is 6.34. The van der Waals surface area contributed by atoms with Crippen LogP contribution in [0, 0.1) is 6.92 Å². The molecule has 3 aromatic carbocycles. The Labute approximate surface area is 209 Å². The van der Waals surface area contributed by atoms with Crippen molar-refractivity contribution < 1.29 is 4.79 Å². The second kappa shape index (κ2) is 10.8. The first-order valence-electron chi connectivity index (χ1n) is 9.98. The maximum absolute atomic E-state index is 12.3. The lowest BCUT2D eigenvalue weighted by atomic mass is 10.1. The first kappa shape index (κ1) is 23.2. The standard InChI is InChI=1S/C24H19BrClN5OS/c1-16-2-6-18(7-3-16)23-29-30-24(31(23)21-12-10-20(26)11-13-21)33-15-22(32)28-27-14-17-4-8-19(25)9-5-17/h2-14H,15H2,1H3,(H,28,32)/b27-14-. The Morgan fingerprint density at radius 2 is 1.76 bits per heavy atom. The van der Waals surface area contributed by atoms with Crippen LogP contribution in [0.3, 0.4) is 0 Å². The van der Waals surface area contributed by atoms with Gasteiger partial charge in [-0.1, -0.05) is 81.3 Å². The van der Waals surface area contributed by atoms with Crippen LogP contribution in [0.25, 0.3) is 17.1 Å². The molecule has 1 aromatic heterocycles. The third kappa shape index (κ3) is 6.10. The molecule has 0 aliphatic carbocycles. The maximum Gasteiger partial charge on any atom is 0.250 e. The first-order valence-corrected chi connectivity index (χ1v) is 12.1. The highest BCUT2D eigenvalue weighted by molar-refractivity contribution is 9.10. The van der Waals surface area contributed by atoms with Crippen LogP contribution in [0.5, 0.6) is 0 Å². The zero-order valence-electron chi connectivity index (χ0n) is 17.6. The van der Waals surface area contributed by atoms with E-state index in [1.54, 1.807) is 6.21 Å². The van der Waals surface area contributed by atoms with E-state index < -0.39 is 0 Å². The van der Waals surface area contributed by atoms with Gasteiger partial charge in [0.15, 0.2) is 11.0 Å². The number of nitrogens with zero attached hydrogens (tertiary/aromatic N) is 4. The van der Waals surface area contributed by atoms with Crippen LogP contribution in [0.4, 0.5) is 0 Å². The van der Waals surface area contributed by atoms with E-state index in [0.29, 0.717) is 16.0 Å². The number of amides is 1. The molecule has 0 saturated heterocycles. The molecule has 0 fully saturated rings. The van der Waals surface area contributed by atoms with Gasteiger partial charge in [0.2, 0.25) is 0 Å². The van der Waals surface area contributed by atoms with Gasteiger partial charge in [0.25, 0.3) is 5.91 Å². The molecule has 1 amide bonds. The Hall–Kier alpha value is -2.94. The van der Waals surface area contributed by atoms with E-state index in [1.165, 1.54) is 11.8 Å². The van der Waals surface area contributed by atoms with Crippen molar-refractivity contribution in [1.82, 2.24) is 20.2 Å². The van der Waals surface area contributed by atoms with Crippen molar-refractivity contribution in [2.45, 2.75) is 12.1 Å². The summed E-state index contributed by atoms with van der Waals surface area (Å²) in [6.45, 7) is 2.03. The molecule has 0 saturated carbocycles. The molecule has 0 spiro atoms. The molecule has 6 nitrogen and oxygen atoms in total. The summed E-state index contributed by atoms with van der Waals surface area (Å²) >= 11 is 10.7. The van der Waals surface area contributed by atoms with Crippen molar-refractivity contribution in [2.75, 3.05) is 5.75 Å². The van der Waals surface area contributed by atoms with Crippen LogP contribution >= 0.6 is 39.3 Å². The Bertz CT molecular complexity index is 1270. The van der Waals surface area contributed by atoms with Crippen molar-refractivity contribution >= 4 is 51.4 Å². The highest BCUT2D eigenvalue weighted by Gasteiger charge is 2.17. The number of hydrogen-bond acceptors (Lipinski definition) is 5. The summed E-state index contributed by atoms with van der Waals surface area (Å²) in [5, 5.41) is 14.0. The average molecular weight is 541 g/mol. The van der Waals surface area contributed by atoms with E-state index in [2.05, 4.69) is 36.7 Å². The quantitative estimate of drug-likeness (QED) is 0.180. The zero-order valence-corrected chi connectivity index (χ0v) is 20.7. The predicted molar refractivity (Wildman–Crippen MR) is 137 cm³/mol. The largest absolute Gasteiger partial charge is 0.272 e. The fraction of sp³-hybridized carbons (Fsp3) is 0.0833. The number of hydrazone groups is 1. The average Bonchev–Trinajstić information content (AvgIpc) is 3.24. The summed E-state index contributed by atoms with van der Waals surface area (Å²) < 4.78 is 2.90. The van der Waals surface area contributed by atoms with Crippen LogP contribution in [0.1, 0.15) is 11.1 Å². The minimum Gasteiger partial charge on any atom is -0.272 e. The van der Waals surface area contributed by atoms with Crippen molar-refractivity contribution in [3.8, 4) is 17.1 Å². The maximum atomic E-state index is 12.3. The van der Waals surface area contributed by atoms with Crippen LogP contribution < -0.4 is 5.43 Å². The number of aryl methyl sites for hydroxylation is 1. The molecule has 33 heavy (non-hydrogen) atoms. The van der Waals surface area contributed by atoms with Gasteiger partial charge < -0.3 is 0 Å². The molecule has 4 rings (SSSR count). The number of carbonyl (C=O) groups is 1. The molecule has 4 aromatic rings. The van der Waals surface area contributed by atoms with Gasteiger partial charge in [-0.2, -0.15) is 5.10 Å². The lowest BCUT2D eigenvalue weighted by Crippen LogP contribution is -2.20. The van der Waals surface area contributed by atoms with Crippen LogP contribution in [-0.4, -0.2) is 32.6 Å². The summed E-state index contributed by atoms with van der Waals surface area (Å²) in [5.41, 5.74) is 6.38. The monoisotopic (exact) mass is 539 g/mol. The van der Waals surface area contributed by atoms with Gasteiger partial charge in [0.1, 0.15) is 0 Å². The van der Waals surface area contributed by atoms with Gasteiger partial charge in [-0.3, -0.25) is 9.36 Å². The zero-order chi connectivity index (χ0) is 23.2. The van der Waals surface area contributed by atoms with E-state index in [0.717, 1.165) is 26.9 Å². The summed E-state index contributed by atoms with van der Waals surface area (Å²) in [6, 6.07) is 23.1. The highest BCUT2D eigenvalue weighted by Crippen LogP contribution is 2.28. The molecular weight excluding hydrogens is 522 g/mol. The molecule has 0 aliphatic heterocycles. The Kier molecular flexibility index (Phi) is 7.59. The molecule has 0 atom stereocenters. The van der Waals surface area contributed by atoms with Crippen molar-refractivity contribution in [1.29, 1.82) is 0 Å². The molecule has 0 unspecified atom stereocenters. The number of hydrogen-bond donors (Lipinski definition) is 1. The van der Waals surface area contributed by atoms with Gasteiger partial charge in [0.05, 0.1) is 12.0 Å². The second-order valence-electron chi connectivity index (χ2n) is 7.12. The number of thioether (sulfide) groups is 1. The number of carbonyl (C=O) groups excluding carboxylic acids is 1. The van der Waals surface area contributed by atoms with Gasteiger partial charge in [0, 0.05) is 20.7 Å². The summed E-state index contributed by atoms with van der Waals surface area (Å²) in [4.78, 5) is 12.3. The van der Waals surface area contributed by atoms with E-state index in [1.807, 2.05) is 84.3 Å². The summed E-state index contributed by atoms with van der Waals surface area (Å²) in [7, 11) is 0. The smallest absolute Gasteiger partial charge is 0.250 e. The fourth-order valence-corrected chi connectivity index (χ4v) is 4.10. The lowest BCUT2D eigenvalue weighted by Gasteiger charge is -2.10. The van der Waals surface area contributed by atoms with Gasteiger partial charge in [-0.25, -0.2) is 5.43 Å². The van der Waals surface area contributed by atoms with Crippen LogP contribution in [0.2, 0.25) is 5.02 Å². The topological polar surface area (TPSA) is 72.2 Å². The number of aromatic nitrogens is 3. The van der Waals surface area contributed by atoms with Crippen molar-refractivity contribution in [2.24, 2.45) is 5.10 Å². The number of benzene rings is 3. The second-order valence-corrected chi connectivity index (χ2v) is 9.41. The van der Waals surface area contributed by atoms with E-state index in [4.69, 9.17) is 11.6 Å². The van der Waals surface area contributed by atoms with Gasteiger partial charge in [-0.05, 0) is 48.9 Å². The Morgan fingerprint density at radius 1 is 1.06 bits per heavy atom. The van der Waals surface area contributed by atoms with E-state index in [-0.39, 0.29) is 11.7 Å². The molecular formula is C24H19BrClN5OS. The van der Waals surface area contributed by atoms with Crippen molar-refractivity contribution in [3.05, 3.63) is 93.4 Å². The molecule has 0 aliphatic rings. The lowest BCUT2D eigenvalue weighted by molar-refractivity contribution is -0.118. The Morgan fingerprint density at radius 3 is 2.45 bits per heavy atom. The Balaban J connectivity index is 1.51. The first-order chi connectivity index (χ1) is 16.0. The molecule has 1 heterocycles. The minimum absolute atomic E-state index is 0.136. The number of nitrogens with one attached hydrogen (secondary N) is 1. The molecule has 0 radical (unpaired) electrons. The van der Waals surface area contributed by atoms with Gasteiger partial charge in [-0.15, -0.1) is 10.2 Å². The third-order valence-electron chi connectivity index (χ3n) is 4.63. The SMILES string of the molecule is Cc1ccc(-c2nnc(SCC(=O)N/N=C\c3ccc(Br)cc3)n2-c2ccc(Cl)cc2)cc1. The molecule has 0 bridgehead atoms. The molecule has 1 N–H and O–H groups in total. The van der Waals surface area contributed by atoms with Crippen LogP contribution in [0.15, 0.2) is 87.5 Å². The van der Waals surface area contributed by atoms with Gasteiger partial charge >= 0.3 is 0 Å². The van der Waals surface area contributed by atoms with Crippen LogP contribution in [-0.2, 0) is 4.79 Å². The highest BCUT2D eigenvalue weighted by atomic mass is 79.9. The number of rotatable bonds is 7. The van der Waals surface area contributed by atoms with E-state index in [9.17, 15) is 4.79 Å². The summed E-state index contributed by atoms with van der Waals surface area (Å²) in [6.07, 6.45) is 1.60. The minimum atomic E-state index is -0.240. The molecule has 166 valence electrons. The fourth-order valence-electron chi connectivity index (χ4n) is 2.97. The normalized spacial score (nSPS) is 11.1. The predicted octanol–water partition coefficient (Wildman–Crippen LogP) is 5.90. The summed E-state index contributed by atoms with van der Waals surface area (Å²) in [5.74, 6) is 0.585.